The quantitative estimate of drug-likeness (QED) is 0.860. The lowest BCUT2D eigenvalue weighted by Gasteiger charge is -2.06. The van der Waals surface area contributed by atoms with Crippen molar-refractivity contribution in [3.05, 3.63) is 71.3 Å². The number of benzene rings is 2. The Kier molecular flexibility index (Phi) is 3.92. The topological polar surface area (TPSA) is 63.6 Å². The summed E-state index contributed by atoms with van der Waals surface area (Å²) in [6, 6.07) is 16.5. The minimum absolute atomic E-state index is 0.0758. The molecular formula is C18H16O4. The first-order valence-corrected chi connectivity index (χ1v) is 7.19. The monoisotopic (exact) mass is 296 g/mol. The number of ether oxygens (including phenoxy) is 1. The number of hydrogen-bond acceptors (Lipinski definition) is 3. The second-order valence-corrected chi connectivity index (χ2v) is 5.47. The van der Waals surface area contributed by atoms with Crippen LogP contribution in [0.15, 0.2) is 54.6 Å². The van der Waals surface area contributed by atoms with Crippen LogP contribution in [-0.4, -0.2) is 17.0 Å². The lowest BCUT2D eigenvalue weighted by molar-refractivity contribution is -0.138. The molecule has 0 heterocycles. The van der Waals surface area contributed by atoms with Gasteiger partial charge in [0.1, 0.15) is 6.61 Å². The molecule has 2 aromatic rings. The third-order valence-electron chi connectivity index (χ3n) is 3.89. The summed E-state index contributed by atoms with van der Waals surface area (Å²) in [7, 11) is 0. The molecule has 0 aromatic heterocycles. The molecule has 4 nitrogen and oxygen atoms in total. The predicted octanol–water partition coefficient (Wildman–Crippen LogP) is 3.23. The van der Waals surface area contributed by atoms with Gasteiger partial charge in [-0.3, -0.25) is 4.79 Å². The van der Waals surface area contributed by atoms with Crippen molar-refractivity contribution in [1.29, 1.82) is 0 Å². The first-order chi connectivity index (χ1) is 10.6. The van der Waals surface area contributed by atoms with Gasteiger partial charge in [-0.05, 0) is 35.6 Å². The summed E-state index contributed by atoms with van der Waals surface area (Å²) in [5.41, 5.74) is 2.38. The fourth-order valence-corrected chi connectivity index (χ4v) is 2.51. The van der Waals surface area contributed by atoms with Crippen LogP contribution >= 0.6 is 0 Å². The van der Waals surface area contributed by atoms with Crippen LogP contribution in [0.3, 0.4) is 0 Å². The van der Waals surface area contributed by atoms with E-state index in [9.17, 15) is 9.59 Å². The average Bonchev–Trinajstić information content (AvgIpc) is 3.35. The van der Waals surface area contributed by atoms with Gasteiger partial charge in [0, 0.05) is 0 Å². The highest BCUT2D eigenvalue weighted by atomic mass is 16.5. The minimum Gasteiger partial charge on any atom is -0.481 e. The summed E-state index contributed by atoms with van der Waals surface area (Å²) in [5.74, 6) is -1.33. The Morgan fingerprint density at radius 1 is 1.05 bits per heavy atom. The van der Waals surface area contributed by atoms with E-state index < -0.39 is 5.97 Å². The van der Waals surface area contributed by atoms with Gasteiger partial charge in [0.25, 0.3) is 0 Å². The number of hydrogen-bond donors (Lipinski definition) is 1. The normalized spacial score (nSPS) is 19.5. The van der Waals surface area contributed by atoms with Crippen molar-refractivity contribution in [2.24, 2.45) is 5.92 Å². The molecule has 3 rings (SSSR count). The summed E-state index contributed by atoms with van der Waals surface area (Å²) in [4.78, 5) is 22.8. The van der Waals surface area contributed by atoms with Crippen LogP contribution in [0.1, 0.15) is 33.8 Å². The van der Waals surface area contributed by atoms with Crippen molar-refractivity contribution in [2.75, 3.05) is 0 Å². The molecule has 0 aliphatic heterocycles. The number of carboxylic acids is 1. The van der Waals surface area contributed by atoms with E-state index in [0.717, 1.165) is 11.1 Å². The van der Waals surface area contributed by atoms with E-state index >= 15 is 0 Å². The SMILES string of the molecule is O=C(OCc1ccccc1)c1ccc([C@H]2C[C@@H]2C(=O)O)cc1. The van der Waals surface area contributed by atoms with Crippen molar-refractivity contribution in [1.82, 2.24) is 0 Å². The number of aliphatic carboxylic acids is 1. The van der Waals surface area contributed by atoms with E-state index in [0.29, 0.717) is 12.0 Å². The molecule has 0 saturated heterocycles. The van der Waals surface area contributed by atoms with Crippen LogP contribution in [0, 0.1) is 5.92 Å². The van der Waals surface area contributed by atoms with Gasteiger partial charge in [0.05, 0.1) is 11.5 Å². The van der Waals surface area contributed by atoms with E-state index in [2.05, 4.69) is 0 Å². The first kappa shape index (κ1) is 14.3. The van der Waals surface area contributed by atoms with Crippen molar-refractivity contribution in [3.63, 3.8) is 0 Å². The molecule has 0 radical (unpaired) electrons. The van der Waals surface area contributed by atoms with E-state index in [-0.39, 0.29) is 24.4 Å². The van der Waals surface area contributed by atoms with Gasteiger partial charge >= 0.3 is 11.9 Å². The number of carbonyl (C=O) groups excluding carboxylic acids is 1. The zero-order valence-electron chi connectivity index (χ0n) is 11.9. The summed E-state index contributed by atoms with van der Waals surface area (Å²) in [5, 5.41) is 8.93. The van der Waals surface area contributed by atoms with Crippen LogP contribution in [0.4, 0.5) is 0 Å². The molecule has 1 N–H and O–H groups in total. The third kappa shape index (κ3) is 3.17. The number of carboxylic acid groups (broad SMARTS) is 1. The highest BCUT2D eigenvalue weighted by molar-refractivity contribution is 5.89. The van der Waals surface area contributed by atoms with Gasteiger partial charge in [-0.1, -0.05) is 42.5 Å². The lowest BCUT2D eigenvalue weighted by Crippen LogP contribution is -2.05. The Balaban J connectivity index is 1.58. The van der Waals surface area contributed by atoms with Crippen molar-refractivity contribution in [3.8, 4) is 0 Å². The molecule has 1 fully saturated rings. The van der Waals surface area contributed by atoms with Crippen LogP contribution < -0.4 is 0 Å². The fourth-order valence-electron chi connectivity index (χ4n) is 2.51. The number of carbonyl (C=O) groups is 2. The maximum Gasteiger partial charge on any atom is 0.338 e. The number of esters is 1. The minimum atomic E-state index is -0.753. The Hall–Kier alpha value is -2.62. The summed E-state index contributed by atoms with van der Waals surface area (Å²) in [6.07, 6.45) is 0.674. The molecule has 2 atom stereocenters. The molecule has 2 aromatic carbocycles. The van der Waals surface area contributed by atoms with Gasteiger partial charge in [-0.15, -0.1) is 0 Å². The molecule has 1 saturated carbocycles. The molecule has 0 bridgehead atoms. The van der Waals surface area contributed by atoms with Crippen molar-refractivity contribution in [2.45, 2.75) is 18.9 Å². The highest BCUT2D eigenvalue weighted by Gasteiger charge is 2.44. The fraction of sp³-hybridized carbons (Fsp3) is 0.222. The van der Waals surface area contributed by atoms with E-state index in [1.54, 1.807) is 12.1 Å². The Bertz CT molecular complexity index is 676. The van der Waals surface area contributed by atoms with Gasteiger partial charge in [-0.25, -0.2) is 4.79 Å². The van der Waals surface area contributed by atoms with Crippen LogP contribution in [-0.2, 0) is 16.1 Å². The van der Waals surface area contributed by atoms with Crippen molar-refractivity contribution >= 4 is 11.9 Å². The third-order valence-corrected chi connectivity index (χ3v) is 3.89. The van der Waals surface area contributed by atoms with E-state index in [1.165, 1.54) is 0 Å². The molecule has 112 valence electrons. The lowest BCUT2D eigenvalue weighted by atomic mass is 10.1. The molecule has 0 unspecified atom stereocenters. The van der Waals surface area contributed by atoms with Crippen molar-refractivity contribution < 1.29 is 19.4 Å². The van der Waals surface area contributed by atoms with E-state index in [4.69, 9.17) is 9.84 Å². The Labute approximate surface area is 128 Å². The Morgan fingerprint density at radius 2 is 1.73 bits per heavy atom. The maximum atomic E-state index is 12.0. The molecule has 4 heteroatoms. The van der Waals surface area contributed by atoms with E-state index in [1.807, 2.05) is 42.5 Å². The first-order valence-electron chi connectivity index (χ1n) is 7.19. The van der Waals surface area contributed by atoms with Gasteiger partial charge in [0.2, 0.25) is 0 Å². The van der Waals surface area contributed by atoms with Gasteiger partial charge in [0.15, 0.2) is 0 Å². The Morgan fingerprint density at radius 3 is 2.32 bits per heavy atom. The molecule has 0 amide bonds. The largest absolute Gasteiger partial charge is 0.481 e. The number of rotatable bonds is 5. The predicted molar refractivity (Wildman–Crippen MR) is 80.5 cm³/mol. The zero-order chi connectivity index (χ0) is 15.5. The standard InChI is InChI=1S/C18H16O4/c19-17(20)16-10-15(16)13-6-8-14(9-7-13)18(21)22-11-12-4-2-1-3-5-12/h1-9,15-16H,10-11H2,(H,19,20)/t15-,16+/m1/s1. The smallest absolute Gasteiger partial charge is 0.338 e. The molecule has 1 aliphatic rings. The maximum absolute atomic E-state index is 12.0. The van der Waals surface area contributed by atoms with Crippen LogP contribution in [0.25, 0.3) is 0 Å². The molecule has 22 heavy (non-hydrogen) atoms. The summed E-state index contributed by atoms with van der Waals surface area (Å²) in [6.45, 7) is 0.241. The average molecular weight is 296 g/mol. The molecule has 1 aliphatic carbocycles. The molecular weight excluding hydrogens is 280 g/mol. The van der Waals surface area contributed by atoms with Crippen LogP contribution in [0.5, 0.6) is 0 Å². The second-order valence-electron chi connectivity index (χ2n) is 5.47. The second kappa shape index (κ2) is 6.02. The van der Waals surface area contributed by atoms with Gasteiger partial charge < -0.3 is 9.84 Å². The van der Waals surface area contributed by atoms with Gasteiger partial charge in [-0.2, -0.15) is 0 Å². The summed E-state index contributed by atoms with van der Waals surface area (Å²) >= 11 is 0. The van der Waals surface area contributed by atoms with Crippen LogP contribution in [0.2, 0.25) is 0 Å². The highest BCUT2D eigenvalue weighted by Crippen LogP contribution is 2.47. The zero-order valence-corrected chi connectivity index (χ0v) is 11.9. The molecule has 0 spiro atoms. The summed E-state index contributed by atoms with van der Waals surface area (Å²) < 4.78 is 5.26.